The van der Waals surface area contributed by atoms with Gasteiger partial charge in [-0.05, 0) is 6.92 Å². The van der Waals surface area contributed by atoms with Crippen LogP contribution in [0, 0.1) is 0 Å². The third-order valence-corrected chi connectivity index (χ3v) is 1.48. The second-order valence-corrected chi connectivity index (χ2v) is 3.07. The van der Waals surface area contributed by atoms with Crippen LogP contribution in [-0.4, -0.2) is 36.4 Å². The Labute approximate surface area is 88.7 Å². The molecule has 0 spiro atoms. The van der Waals surface area contributed by atoms with Crippen molar-refractivity contribution in [2.24, 2.45) is 0 Å². The van der Waals surface area contributed by atoms with E-state index in [0.29, 0.717) is 0 Å². The van der Waals surface area contributed by atoms with Gasteiger partial charge >= 0.3 is 11.9 Å². The van der Waals surface area contributed by atoms with Crippen LogP contribution in [-0.2, 0) is 19.1 Å². The Morgan fingerprint density at radius 1 is 1.33 bits per heavy atom. The van der Waals surface area contributed by atoms with E-state index in [2.05, 4.69) is 16.1 Å². The molecule has 0 aliphatic heterocycles. The van der Waals surface area contributed by atoms with E-state index in [9.17, 15) is 14.7 Å². The summed E-state index contributed by atoms with van der Waals surface area (Å²) in [6, 6.07) is 0. The predicted octanol–water partition coefficient (Wildman–Crippen LogP) is 0.420. The van der Waals surface area contributed by atoms with Gasteiger partial charge in [-0.3, -0.25) is 4.79 Å². The Balaban J connectivity index is 3.66. The van der Waals surface area contributed by atoms with E-state index < -0.39 is 18.0 Å². The molecule has 0 fully saturated rings. The molecule has 0 aliphatic rings. The average Bonchev–Trinajstić information content (AvgIpc) is 2.21. The molecule has 0 radical (unpaired) electrons. The third-order valence-electron chi connectivity index (χ3n) is 1.48. The van der Waals surface area contributed by atoms with Gasteiger partial charge in [0, 0.05) is 12.0 Å². The number of carbonyl (C=O) groups is 2. The number of aliphatic hydroxyl groups is 1. The molecule has 0 aromatic rings. The molecule has 0 saturated carbocycles. The van der Waals surface area contributed by atoms with Gasteiger partial charge in [0.25, 0.3) is 0 Å². The van der Waals surface area contributed by atoms with Crippen LogP contribution in [0.15, 0.2) is 12.2 Å². The highest BCUT2D eigenvalue weighted by molar-refractivity contribution is 5.86. The molecule has 0 bridgehead atoms. The normalized spacial score (nSPS) is 11.7. The Kier molecular flexibility index (Phi) is 6.37. The maximum Gasteiger partial charge on any atom is 0.333 e. The second kappa shape index (κ2) is 7.00. The molecule has 0 aromatic heterocycles. The van der Waals surface area contributed by atoms with E-state index in [0.717, 1.165) is 0 Å². The lowest BCUT2D eigenvalue weighted by atomic mass is 10.3. The van der Waals surface area contributed by atoms with Gasteiger partial charge in [-0.2, -0.15) is 0 Å². The highest BCUT2D eigenvalue weighted by Gasteiger charge is 2.11. The van der Waals surface area contributed by atoms with Crippen molar-refractivity contribution in [3.8, 4) is 0 Å². The third kappa shape index (κ3) is 6.68. The van der Waals surface area contributed by atoms with E-state index in [-0.39, 0.29) is 25.2 Å². The van der Waals surface area contributed by atoms with Crippen LogP contribution in [0.1, 0.15) is 20.3 Å². The summed E-state index contributed by atoms with van der Waals surface area (Å²) in [5.74, 6) is -0.976. The predicted molar refractivity (Wildman–Crippen MR) is 53.0 cm³/mol. The van der Waals surface area contributed by atoms with Crippen LogP contribution in [0.5, 0.6) is 0 Å². The lowest BCUT2D eigenvalue weighted by Gasteiger charge is -2.11. The van der Waals surface area contributed by atoms with Gasteiger partial charge < -0.3 is 14.6 Å². The van der Waals surface area contributed by atoms with Crippen molar-refractivity contribution >= 4 is 11.9 Å². The zero-order valence-corrected chi connectivity index (χ0v) is 8.99. The van der Waals surface area contributed by atoms with Crippen LogP contribution in [0.3, 0.4) is 0 Å². The van der Waals surface area contributed by atoms with Crippen LogP contribution >= 0.6 is 0 Å². The lowest BCUT2D eigenvalue weighted by Crippen LogP contribution is -2.25. The molecule has 0 aliphatic carbocycles. The number of ether oxygens (including phenoxy) is 2. The Morgan fingerprint density at radius 3 is 2.33 bits per heavy atom. The van der Waals surface area contributed by atoms with Crippen molar-refractivity contribution in [1.82, 2.24) is 0 Å². The van der Waals surface area contributed by atoms with Gasteiger partial charge in [-0.1, -0.05) is 13.5 Å². The van der Waals surface area contributed by atoms with Crippen molar-refractivity contribution in [2.45, 2.75) is 26.4 Å². The van der Waals surface area contributed by atoms with Crippen molar-refractivity contribution in [2.75, 3.05) is 13.2 Å². The molecule has 1 atom stereocenters. The number of esters is 2. The summed E-state index contributed by atoms with van der Waals surface area (Å²) in [5, 5.41) is 9.24. The zero-order valence-electron chi connectivity index (χ0n) is 8.99. The Bertz CT molecular complexity index is 246. The van der Waals surface area contributed by atoms with Crippen molar-refractivity contribution in [3.63, 3.8) is 0 Å². The maximum atomic E-state index is 10.9. The van der Waals surface area contributed by atoms with E-state index in [1.807, 2.05) is 0 Å². The van der Waals surface area contributed by atoms with Crippen LogP contribution in [0.25, 0.3) is 0 Å². The maximum absolute atomic E-state index is 10.9. The Morgan fingerprint density at radius 2 is 1.87 bits per heavy atom. The van der Waals surface area contributed by atoms with Crippen molar-refractivity contribution in [3.05, 3.63) is 12.2 Å². The average molecular weight is 216 g/mol. The van der Waals surface area contributed by atoms with E-state index >= 15 is 0 Å². The summed E-state index contributed by atoms with van der Waals surface area (Å²) < 4.78 is 9.29. The minimum atomic E-state index is -0.996. The topological polar surface area (TPSA) is 72.8 Å². The monoisotopic (exact) mass is 216 g/mol. The molecular formula is C10H16O5. The van der Waals surface area contributed by atoms with E-state index in [1.165, 1.54) is 6.92 Å². The number of rotatable bonds is 6. The van der Waals surface area contributed by atoms with Gasteiger partial charge in [0.15, 0.2) is 0 Å². The van der Waals surface area contributed by atoms with E-state index in [1.54, 1.807) is 6.92 Å². The summed E-state index contributed by atoms with van der Waals surface area (Å²) in [6.45, 7) is 6.16. The van der Waals surface area contributed by atoms with Gasteiger partial charge in [0.05, 0.1) is 0 Å². The first kappa shape index (κ1) is 13.6. The number of carbonyl (C=O) groups excluding carboxylic acids is 2. The second-order valence-electron chi connectivity index (χ2n) is 3.07. The van der Waals surface area contributed by atoms with Crippen LogP contribution in [0.4, 0.5) is 0 Å². The highest BCUT2D eigenvalue weighted by atomic mass is 16.6. The molecular weight excluding hydrogens is 200 g/mol. The Hall–Kier alpha value is -1.36. The number of hydrogen-bond acceptors (Lipinski definition) is 5. The first-order valence-corrected chi connectivity index (χ1v) is 4.63. The molecule has 5 heteroatoms. The smallest absolute Gasteiger partial charge is 0.333 e. The summed E-state index contributed by atoms with van der Waals surface area (Å²) in [6.07, 6.45) is -0.748. The fourth-order valence-electron chi connectivity index (χ4n) is 0.634. The summed E-state index contributed by atoms with van der Waals surface area (Å²) in [4.78, 5) is 21.6. The van der Waals surface area contributed by atoms with Crippen LogP contribution in [0.2, 0.25) is 0 Å². The first-order chi connectivity index (χ1) is 6.97. The summed E-state index contributed by atoms with van der Waals surface area (Å²) in [5.41, 5.74) is 0.257. The molecule has 86 valence electrons. The van der Waals surface area contributed by atoms with Crippen LogP contribution < -0.4 is 0 Å². The molecule has 15 heavy (non-hydrogen) atoms. The molecule has 0 amide bonds. The molecule has 0 heterocycles. The molecule has 1 unspecified atom stereocenters. The lowest BCUT2D eigenvalue weighted by molar-refractivity contribution is -0.150. The summed E-state index contributed by atoms with van der Waals surface area (Å²) >= 11 is 0. The van der Waals surface area contributed by atoms with E-state index in [4.69, 9.17) is 0 Å². The molecule has 0 saturated heterocycles. The quantitative estimate of drug-likeness (QED) is 0.514. The van der Waals surface area contributed by atoms with Crippen molar-refractivity contribution < 1.29 is 24.2 Å². The number of hydrogen-bond donors (Lipinski definition) is 1. The molecule has 0 rings (SSSR count). The highest BCUT2D eigenvalue weighted by Crippen LogP contribution is 1.95. The largest absolute Gasteiger partial charge is 0.463 e. The van der Waals surface area contributed by atoms with Gasteiger partial charge in [0.2, 0.25) is 0 Å². The minimum Gasteiger partial charge on any atom is -0.463 e. The minimum absolute atomic E-state index is 0.170. The molecule has 0 aromatic carbocycles. The SMILES string of the molecule is C=C(C)C(=O)OCC(O)COC(=O)CC. The van der Waals surface area contributed by atoms with Crippen molar-refractivity contribution in [1.29, 1.82) is 0 Å². The first-order valence-electron chi connectivity index (χ1n) is 4.63. The van der Waals surface area contributed by atoms with Gasteiger partial charge in [-0.25, -0.2) is 4.79 Å². The number of aliphatic hydroxyl groups excluding tert-OH is 1. The van der Waals surface area contributed by atoms with Gasteiger partial charge in [-0.15, -0.1) is 0 Å². The molecule has 1 N–H and O–H groups in total. The van der Waals surface area contributed by atoms with Gasteiger partial charge in [0.1, 0.15) is 19.3 Å². The molecule has 5 nitrogen and oxygen atoms in total. The summed E-state index contributed by atoms with van der Waals surface area (Å²) in [7, 11) is 0. The zero-order chi connectivity index (χ0) is 11.8. The standard InChI is InChI=1S/C10H16O5/c1-4-9(12)14-5-8(11)6-15-10(13)7(2)3/h8,11H,2,4-6H2,1,3H3. The fourth-order valence-corrected chi connectivity index (χ4v) is 0.634. The fraction of sp³-hybridized carbons (Fsp3) is 0.600.